The first-order chi connectivity index (χ1) is 7.34. The molecular weight excluding hydrogens is 228 g/mol. The standard InChI is InChI=1S/C9H8N4S2/c10-8-5-1-14-2-6(5)12-9(13-8)7-3-15-4-11-7/h3-4H,1-2H2,(H2,10,12,13). The number of anilines is 1. The molecule has 0 spiro atoms. The lowest BCUT2D eigenvalue weighted by atomic mass is 10.2. The molecule has 6 heteroatoms. The molecule has 15 heavy (non-hydrogen) atoms. The second kappa shape index (κ2) is 3.46. The lowest BCUT2D eigenvalue weighted by Crippen LogP contribution is -2.02. The maximum absolute atomic E-state index is 5.89. The van der Waals surface area contributed by atoms with E-state index >= 15 is 0 Å². The molecule has 3 heterocycles. The van der Waals surface area contributed by atoms with Crippen molar-refractivity contribution in [1.82, 2.24) is 15.0 Å². The molecule has 3 rings (SSSR count). The monoisotopic (exact) mass is 236 g/mol. The van der Waals surface area contributed by atoms with Gasteiger partial charge in [-0.3, -0.25) is 0 Å². The van der Waals surface area contributed by atoms with E-state index < -0.39 is 0 Å². The molecule has 0 saturated carbocycles. The largest absolute Gasteiger partial charge is 0.383 e. The second-order valence-corrected chi connectivity index (χ2v) is 4.93. The highest BCUT2D eigenvalue weighted by Crippen LogP contribution is 2.32. The highest BCUT2D eigenvalue weighted by Gasteiger charge is 2.19. The van der Waals surface area contributed by atoms with Crippen molar-refractivity contribution in [3.05, 3.63) is 22.1 Å². The molecule has 76 valence electrons. The predicted molar refractivity (Wildman–Crippen MR) is 62.6 cm³/mol. The Hall–Kier alpha value is -1.14. The van der Waals surface area contributed by atoms with E-state index in [-0.39, 0.29) is 0 Å². The zero-order chi connectivity index (χ0) is 10.3. The SMILES string of the molecule is Nc1nc(-c2cscn2)nc2c1CSC2. The number of thiazole rings is 1. The molecule has 1 aliphatic heterocycles. The third kappa shape index (κ3) is 1.49. The average Bonchev–Trinajstić information content (AvgIpc) is 2.88. The van der Waals surface area contributed by atoms with E-state index in [0.29, 0.717) is 11.6 Å². The van der Waals surface area contributed by atoms with Crippen molar-refractivity contribution >= 4 is 28.9 Å². The Morgan fingerprint density at radius 3 is 3.00 bits per heavy atom. The van der Waals surface area contributed by atoms with Crippen LogP contribution in [-0.4, -0.2) is 15.0 Å². The molecular formula is C9H8N4S2. The van der Waals surface area contributed by atoms with Gasteiger partial charge in [-0.05, 0) is 0 Å². The van der Waals surface area contributed by atoms with E-state index in [1.165, 1.54) is 11.3 Å². The van der Waals surface area contributed by atoms with E-state index in [1.54, 1.807) is 5.51 Å². The summed E-state index contributed by atoms with van der Waals surface area (Å²) in [4.78, 5) is 13.0. The number of hydrogen-bond acceptors (Lipinski definition) is 6. The first kappa shape index (κ1) is 9.11. The molecule has 0 fully saturated rings. The van der Waals surface area contributed by atoms with Gasteiger partial charge in [-0.2, -0.15) is 11.8 Å². The van der Waals surface area contributed by atoms with Crippen LogP contribution in [0.15, 0.2) is 10.9 Å². The van der Waals surface area contributed by atoms with Gasteiger partial charge in [-0.25, -0.2) is 15.0 Å². The van der Waals surface area contributed by atoms with Gasteiger partial charge >= 0.3 is 0 Å². The summed E-state index contributed by atoms with van der Waals surface area (Å²) >= 11 is 3.36. The van der Waals surface area contributed by atoms with Crippen LogP contribution in [0, 0.1) is 0 Å². The molecule has 2 N–H and O–H groups in total. The normalized spacial score (nSPS) is 14.1. The van der Waals surface area contributed by atoms with Crippen LogP contribution in [0.3, 0.4) is 0 Å². The number of nitrogen functional groups attached to an aromatic ring is 1. The molecule has 4 nitrogen and oxygen atoms in total. The molecule has 0 saturated heterocycles. The number of fused-ring (bicyclic) bond motifs is 1. The molecule has 0 radical (unpaired) electrons. The fourth-order valence-electron chi connectivity index (χ4n) is 1.51. The number of nitrogens with zero attached hydrogens (tertiary/aromatic N) is 3. The highest BCUT2D eigenvalue weighted by molar-refractivity contribution is 7.98. The van der Waals surface area contributed by atoms with Crippen molar-refractivity contribution in [3.63, 3.8) is 0 Å². The summed E-state index contributed by atoms with van der Waals surface area (Å²) in [6, 6.07) is 0. The summed E-state index contributed by atoms with van der Waals surface area (Å²) in [5.74, 6) is 3.11. The van der Waals surface area contributed by atoms with Crippen molar-refractivity contribution in [1.29, 1.82) is 0 Å². The van der Waals surface area contributed by atoms with E-state index in [4.69, 9.17) is 5.73 Å². The molecule has 0 bridgehead atoms. The maximum Gasteiger partial charge on any atom is 0.181 e. The van der Waals surface area contributed by atoms with Gasteiger partial charge in [0.25, 0.3) is 0 Å². The summed E-state index contributed by atoms with van der Waals surface area (Å²) in [6.45, 7) is 0. The Bertz CT molecular complexity index is 495. The number of hydrogen-bond donors (Lipinski definition) is 1. The van der Waals surface area contributed by atoms with Crippen molar-refractivity contribution in [3.8, 4) is 11.5 Å². The summed E-state index contributed by atoms with van der Waals surface area (Å²) < 4.78 is 0. The van der Waals surface area contributed by atoms with Crippen molar-refractivity contribution < 1.29 is 0 Å². The van der Waals surface area contributed by atoms with E-state index in [0.717, 1.165) is 28.5 Å². The average molecular weight is 236 g/mol. The summed E-state index contributed by atoms with van der Waals surface area (Å²) in [6.07, 6.45) is 0. The van der Waals surface area contributed by atoms with Gasteiger partial charge in [0.1, 0.15) is 11.5 Å². The van der Waals surface area contributed by atoms with Gasteiger partial charge in [-0.1, -0.05) is 0 Å². The molecule has 0 unspecified atom stereocenters. The number of rotatable bonds is 1. The third-order valence-electron chi connectivity index (χ3n) is 2.27. The second-order valence-electron chi connectivity index (χ2n) is 3.22. The van der Waals surface area contributed by atoms with Crippen molar-refractivity contribution in [2.45, 2.75) is 11.5 Å². The molecule has 0 aliphatic carbocycles. The quantitative estimate of drug-likeness (QED) is 0.819. The van der Waals surface area contributed by atoms with Crippen LogP contribution in [0.2, 0.25) is 0 Å². The Labute approximate surface area is 95.0 Å². The van der Waals surface area contributed by atoms with E-state index in [1.807, 2.05) is 17.1 Å². The summed E-state index contributed by atoms with van der Waals surface area (Å²) in [5.41, 5.74) is 10.6. The minimum absolute atomic E-state index is 0.605. The van der Waals surface area contributed by atoms with Crippen LogP contribution in [0.1, 0.15) is 11.3 Å². The number of nitrogens with two attached hydrogens (primary N) is 1. The Morgan fingerprint density at radius 2 is 2.20 bits per heavy atom. The first-order valence-corrected chi connectivity index (χ1v) is 6.56. The fraction of sp³-hybridized carbons (Fsp3) is 0.222. The zero-order valence-electron chi connectivity index (χ0n) is 7.80. The summed E-state index contributed by atoms with van der Waals surface area (Å²) in [5, 5.41) is 1.93. The van der Waals surface area contributed by atoms with Crippen LogP contribution in [-0.2, 0) is 11.5 Å². The topological polar surface area (TPSA) is 64.7 Å². The van der Waals surface area contributed by atoms with Crippen LogP contribution in [0.4, 0.5) is 5.82 Å². The Kier molecular flexibility index (Phi) is 2.10. The molecule has 0 amide bonds. The highest BCUT2D eigenvalue weighted by atomic mass is 32.2. The van der Waals surface area contributed by atoms with Crippen LogP contribution in [0.25, 0.3) is 11.5 Å². The van der Waals surface area contributed by atoms with Gasteiger partial charge in [-0.15, -0.1) is 11.3 Å². The van der Waals surface area contributed by atoms with Gasteiger partial charge in [0.15, 0.2) is 5.82 Å². The number of aromatic nitrogens is 3. The minimum atomic E-state index is 0.605. The van der Waals surface area contributed by atoms with Gasteiger partial charge in [0.05, 0.1) is 11.2 Å². The molecule has 2 aromatic rings. The lowest BCUT2D eigenvalue weighted by molar-refractivity contribution is 1.07. The Balaban J connectivity index is 2.15. The molecule has 0 atom stereocenters. The molecule has 1 aliphatic rings. The van der Waals surface area contributed by atoms with Gasteiger partial charge < -0.3 is 5.73 Å². The smallest absolute Gasteiger partial charge is 0.181 e. The minimum Gasteiger partial charge on any atom is -0.383 e. The van der Waals surface area contributed by atoms with E-state index in [2.05, 4.69) is 15.0 Å². The van der Waals surface area contributed by atoms with E-state index in [9.17, 15) is 0 Å². The predicted octanol–water partition coefficient (Wildman–Crippen LogP) is 1.93. The van der Waals surface area contributed by atoms with Gasteiger partial charge in [0.2, 0.25) is 0 Å². The summed E-state index contributed by atoms with van der Waals surface area (Å²) in [7, 11) is 0. The molecule has 2 aromatic heterocycles. The first-order valence-electron chi connectivity index (χ1n) is 4.46. The molecule has 0 aromatic carbocycles. The maximum atomic E-state index is 5.89. The van der Waals surface area contributed by atoms with Crippen molar-refractivity contribution in [2.24, 2.45) is 0 Å². The van der Waals surface area contributed by atoms with Crippen molar-refractivity contribution in [2.75, 3.05) is 5.73 Å². The lowest BCUT2D eigenvalue weighted by Gasteiger charge is -2.03. The third-order valence-corrected chi connectivity index (χ3v) is 3.83. The van der Waals surface area contributed by atoms with Crippen LogP contribution >= 0.6 is 23.1 Å². The van der Waals surface area contributed by atoms with Crippen LogP contribution in [0.5, 0.6) is 0 Å². The fourth-order valence-corrected chi connectivity index (χ4v) is 3.10. The van der Waals surface area contributed by atoms with Crippen LogP contribution < -0.4 is 5.73 Å². The Morgan fingerprint density at radius 1 is 1.27 bits per heavy atom. The number of thioether (sulfide) groups is 1. The zero-order valence-corrected chi connectivity index (χ0v) is 9.44. The van der Waals surface area contributed by atoms with Gasteiger partial charge in [0, 0.05) is 22.4 Å².